The van der Waals surface area contributed by atoms with Crippen LogP contribution in [-0.2, 0) is 12.8 Å². The first-order valence-corrected chi connectivity index (χ1v) is 12.3. The number of aromatic nitrogens is 2. The van der Waals surface area contributed by atoms with Gasteiger partial charge >= 0.3 is 0 Å². The second-order valence-electron chi connectivity index (χ2n) is 9.53. The van der Waals surface area contributed by atoms with Crippen LogP contribution in [0, 0.1) is 11.3 Å². The zero-order valence-electron chi connectivity index (χ0n) is 18.4. The number of imidazole rings is 1. The Balaban J connectivity index is 1.23. The van der Waals surface area contributed by atoms with Crippen molar-refractivity contribution in [1.82, 2.24) is 20.6 Å². The van der Waals surface area contributed by atoms with Gasteiger partial charge in [-0.1, -0.05) is 43.4 Å². The zero-order valence-corrected chi connectivity index (χ0v) is 19.1. The molecule has 0 unspecified atom stereocenters. The number of carbonyl (C=O) groups excluding carboxylic acids is 1. The Kier molecular flexibility index (Phi) is 7.67. The van der Waals surface area contributed by atoms with E-state index in [0.717, 1.165) is 50.5 Å². The summed E-state index contributed by atoms with van der Waals surface area (Å²) in [5.41, 5.74) is 3.25. The van der Waals surface area contributed by atoms with Crippen molar-refractivity contribution in [2.75, 3.05) is 19.6 Å². The van der Waals surface area contributed by atoms with E-state index in [1.807, 2.05) is 24.4 Å². The van der Waals surface area contributed by atoms with Gasteiger partial charge in [0, 0.05) is 31.4 Å². The molecule has 6 heteroatoms. The molecule has 0 spiro atoms. The van der Waals surface area contributed by atoms with Crippen molar-refractivity contribution in [3.8, 4) is 0 Å². The van der Waals surface area contributed by atoms with Crippen LogP contribution in [0.5, 0.6) is 0 Å². The number of aromatic amines is 1. The van der Waals surface area contributed by atoms with Crippen molar-refractivity contribution in [1.29, 1.82) is 0 Å². The van der Waals surface area contributed by atoms with Crippen molar-refractivity contribution in [3.05, 3.63) is 52.6 Å². The lowest BCUT2D eigenvalue weighted by Crippen LogP contribution is -2.43. The standard InChI is InChI=1S/C25H35ClN4O/c26-23-8-7-19(6-3-12-27-13-9-21-16-28-18-30-21)14-22(23)24(31)29-17-25-10-1-4-20(15-25)5-2-11-25/h7-8,14,16,18,20,27H,1-6,9-13,15,17H2,(H,28,30)(H,29,31). The monoisotopic (exact) mass is 442 g/mol. The van der Waals surface area contributed by atoms with Crippen LogP contribution in [0.4, 0.5) is 0 Å². The molecular formula is C25H35ClN4O. The molecule has 5 nitrogen and oxygen atoms in total. The highest BCUT2D eigenvalue weighted by molar-refractivity contribution is 6.33. The van der Waals surface area contributed by atoms with Crippen LogP contribution in [0.15, 0.2) is 30.7 Å². The quantitative estimate of drug-likeness (QED) is 0.457. The normalized spacial score (nSPS) is 22.9. The molecule has 1 amide bonds. The number of hydrogen-bond donors (Lipinski definition) is 3. The van der Waals surface area contributed by atoms with E-state index in [2.05, 4.69) is 20.6 Å². The number of carbonyl (C=O) groups is 1. The summed E-state index contributed by atoms with van der Waals surface area (Å²) in [6.45, 7) is 2.67. The van der Waals surface area contributed by atoms with E-state index in [1.54, 1.807) is 6.33 Å². The van der Waals surface area contributed by atoms with E-state index >= 15 is 0 Å². The first kappa shape index (κ1) is 22.3. The maximum atomic E-state index is 12.9. The van der Waals surface area contributed by atoms with Gasteiger partial charge in [0.2, 0.25) is 0 Å². The molecule has 2 aliphatic carbocycles. The summed E-state index contributed by atoms with van der Waals surface area (Å²) in [7, 11) is 0. The molecule has 1 aromatic carbocycles. The lowest BCUT2D eigenvalue weighted by molar-refractivity contribution is 0.0682. The number of nitrogens with one attached hydrogen (secondary N) is 3. The van der Waals surface area contributed by atoms with Crippen molar-refractivity contribution in [2.45, 2.75) is 64.2 Å². The molecule has 0 saturated heterocycles. The SMILES string of the molecule is O=C(NCC12CCCC(CCC1)C2)c1cc(CCCNCCc2cnc[nH]2)ccc1Cl. The Bertz CT molecular complexity index is 841. The third-order valence-electron chi connectivity index (χ3n) is 7.20. The highest BCUT2D eigenvalue weighted by Gasteiger charge is 2.39. The molecule has 2 fully saturated rings. The topological polar surface area (TPSA) is 69.8 Å². The Morgan fingerprint density at radius 2 is 2.03 bits per heavy atom. The minimum absolute atomic E-state index is 0.0217. The van der Waals surface area contributed by atoms with E-state index in [4.69, 9.17) is 11.6 Å². The van der Waals surface area contributed by atoms with Gasteiger partial charge in [-0.05, 0) is 67.7 Å². The lowest BCUT2D eigenvalue weighted by atomic mass is 9.62. The van der Waals surface area contributed by atoms with E-state index in [-0.39, 0.29) is 5.91 Å². The van der Waals surface area contributed by atoms with Gasteiger partial charge in [0.25, 0.3) is 5.91 Å². The second kappa shape index (κ2) is 10.6. The highest BCUT2D eigenvalue weighted by atomic mass is 35.5. The number of amides is 1. The van der Waals surface area contributed by atoms with Crippen molar-refractivity contribution in [2.24, 2.45) is 11.3 Å². The summed E-state index contributed by atoms with van der Waals surface area (Å²) in [4.78, 5) is 20.1. The number of nitrogens with zero attached hydrogens (tertiary/aromatic N) is 1. The number of H-pyrrole nitrogens is 1. The number of rotatable bonds is 10. The Morgan fingerprint density at radius 1 is 1.19 bits per heavy atom. The first-order chi connectivity index (χ1) is 15.1. The maximum Gasteiger partial charge on any atom is 0.252 e. The molecule has 2 saturated carbocycles. The van der Waals surface area contributed by atoms with Crippen LogP contribution >= 0.6 is 11.6 Å². The Hall–Kier alpha value is -1.85. The van der Waals surface area contributed by atoms with Gasteiger partial charge in [0.15, 0.2) is 0 Å². The fourth-order valence-corrected chi connectivity index (χ4v) is 5.73. The summed E-state index contributed by atoms with van der Waals surface area (Å²) < 4.78 is 0. The molecule has 0 radical (unpaired) electrons. The van der Waals surface area contributed by atoms with Gasteiger partial charge in [-0.15, -0.1) is 0 Å². The summed E-state index contributed by atoms with van der Waals surface area (Å²) in [5, 5.41) is 7.25. The van der Waals surface area contributed by atoms with Gasteiger partial charge in [0.1, 0.15) is 0 Å². The van der Waals surface area contributed by atoms with Crippen LogP contribution in [-0.4, -0.2) is 35.5 Å². The van der Waals surface area contributed by atoms with Crippen molar-refractivity contribution < 1.29 is 4.79 Å². The molecule has 3 N–H and O–H groups in total. The maximum absolute atomic E-state index is 12.9. The number of hydrogen-bond acceptors (Lipinski definition) is 3. The number of halogens is 1. The summed E-state index contributed by atoms with van der Waals surface area (Å²) in [6.07, 6.45) is 15.7. The van der Waals surface area contributed by atoms with Crippen molar-refractivity contribution >= 4 is 17.5 Å². The summed E-state index contributed by atoms with van der Waals surface area (Å²) in [6, 6.07) is 5.88. The third kappa shape index (κ3) is 6.11. The smallest absolute Gasteiger partial charge is 0.252 e. The van der Waals surface area contributed by atoms with Crippen LogP contribution in [0.2, 0.25) is 5.02 Å². The molecule has 1 aromatic heterocycles. The predicted octanol–water partition coefficient (Wildman–Crippen LogP) is 4.92. The van der Waals surface area contributed by atoms with Gasteiger partial charge in [-0.3, -0.25) is 4.79 Å². The molecule has 168 valence electrons. The first-order valence-electron chi connectivity index (χ1n) is 11.9. The molecular weight excluding hydrogens is 408 g/mol. The van der Waals surface area contributed by atoms with E-state index in [1.165, 1.54) is 50.5 Å². The largest absolute Gasteiger partial charge is 0.351 e. The average molecular weight is 443 g/mol. The Labute approximate surface area is 190 Å². The van der Waals surface area contributed by atoms with Crippen LogP contribution < -0.4 is 10.6 Å². The number of benzene rings is 1. The second-order valence-corrected chi connectivity index (χ2v) is 9.94. The van der Waals surface area contributed by atoms with Gasteiger partial charge in [-0.2, -0.15) is 0 Å². The molecule has 4 rings (SSSR count). The molecule has 31 heavy (non-hydrogen) atoms. The lowest BCUT2D eigenvalue weighted by Gasteiger charge is -2.45. The minimum atomic E-state index is -0.0217. The molecule has 2 aromatic rings. The average Bonchev–Trinajstić information content (AvgIpc) is 3.29. The zero-order chi connectivity index (χ0) is 21.5. The van der Waals surface area contributed by atoms with E-state index in [9.17, 15) is 4.79 Å². The predicted molar refractivity (Wildman–Crippen MR) is 126 cm³/mol. The minimum Gasteiger partial charge on any atom is -0.351 e. The molecule has 1 heterocycles. The molecule has 2 aliphatic rings. The van der Waals surface area contributed by atoms with E-state index in [0.29, 0.717) is 16.0 Å². The van der Waals surface area contributed by atoms with E-state index < -0.39 is 0 Å². The van der Waals surface area contributed by atoms with Gasteiger partial charge in [0.05, 0.1) is 16.9 Å². The molecule has 0 aliphatic heterocycles. The van der Waals surface area contributed by atoms with Crippen LogP contribution in [0.1, 0.15) is 73.0 Å². The van der Waals surface area contributed by atoms with Crippen LogP contribution in [0.3, 0.4) is 0 Å². The molecule has 0 atom stereocenters. The summed E-state index contributed by atoms with van der Waals surface area (Å²) in [5.74, 6) is 0.853. The third-order valence-corrected chi connectivity index (χ3v) is 7.53. The van der Waals surface area contributed by atoms with Gasteiger partial charge < -0.3 is 15.6 Å². The van der Waals surface area contributed by atoms with Crippen LogP contribution in [0.25, 0.3) is 0 Å². The Morgan fingerprint density at radius 3 is 2.81 bits per heavy atom. The number of fused-ring (bicyclic) bond motifs is 2. The number of aryl methyl sites for hydroxylation is 1. The fourth-order valence-electron chi connectivity index (χ4n) is 5.52. The molecule has 2 bridgehead atoms. The fraction of sp³-hybridized carbons (Fsp3) is 0.600. The van der Waals surface area contributed by atoms with Gasteiger partial charge in [-0.25, -0.2) is 4.98 Å². The summed E-state index contributed by atoms with van der Waals surface area (Å²) >= 11 is 6.39. The highest BCUT2D eigenvalue weighted by Crippen LogP contribution is 2.48. The van der Waals surface area contributed by atoms with Crippen molar-refractivity contribution in [3.63, 3.8) is 0 Å².